The summed E-state index contributed by atoms with van der Waals surface area (Å²) in [5.74, 6) is 1.13. The van der Waals surface area contributed by atoms with Crippen molar-refractivity contribution in [2.45, 2.75) is 20.3 Å². The van der Waals surface area contributed by atoms with Crippen LogP contribution in [0.15, 0.2) is 41.1 Å². The lowest BCUT2D eigenvalue weighted by Gasteiger charge is -2.26. The third kappa shape index (κ3) is 2.44. The first-order valence-corrected chi connectivity index (χ1v) is 8.59. The lowest BCUT2D eigenvalue weighted by molar-refractivity contribution is -0.126. The van der Waals surface area contributed by atoms with Gasteiger partial charge in [-0.25, -0.2) is 0 Å². The monoisotopic (exact) mass is 339 g/mol. The van der Waals surface area contributed by atoms with Crippen molar-refractivity contribution in [3.8, 4) is 0 Å². The number of likely N-dealkylation sites (tertiary alicyclic amines) is 1. The minimum atomic E-state index is -0.507. The Morgan fingerprint density at radius 2 is 2.20 bits per heavy atom. The van der Waals surface area contributed by atoms with E-state index in [-0.39, 0.29) is 17.7 Å². The Morgan fingerprint density at radius 1 is 1.36 bits per heavy atom. The Morgan fingerprint density at radius 3 is 2.88 bits per heavy atom. The van der Waals surface area contributed by atoms with E-state index in [0.717, 1.165) is 12.1 Å². The van der Waals surface area contributed by atoms with Gasteiger partial charge in [0, 0.05) is 25.8 Å². The number of rotatable bonds is 2. The summed E-state index contributed by atoms with van der Waals surface area (Å²) in [5.41, 5.74) is 0.315. The van der Waals surface area contributed by atoms with Crippen LogP contribution >= 0.6 is 0 Å². The molecule has 0 N–H and O–H groups in total. The molecule has 4 rings (SSSR count). The zero-order valence-electron chi connectivity index (χ0n) is 14.4. The van der Waals surface area contributed by atoms with Crippen LogP contribution < -0.4 is 4.90 Å². The van der Waals surface area contributed by atoms with Crippen molar-refractivity contribution in [1.29, 1.82) is 0 Å². The van der Waals surface area contributed by atoms with Gasteiger partial charge in [0.25, 0.3) is 5.91 Å². The van der Waals surface area contributed by atoms with Crippen LogP contribution in [0.2, 0.25) is 0 Å². The molecule has 2 atom stereocenters. The Labute approximate surface area is 146 Å². The third-order valence-electron chi connectivity index (χ3n) is 5.56. The lowest BCUT2D eigenvalue weighted by atomic mass is 9.78. The summed E-state index contributed by atoms with van der Waals surface area (Å²) < 4.78 is 5.47. The number of amides is 2. The fourth-order valence-corrected chi connectivity index (χ4v) is 4.08. The van der Waals surface area contributed by atoms with Gasteiger partial charge in [-0.1, -0.05) is 6.92 Å². The molecule has 2 aliphatic heterocycles. The molecule has 2 aromatic rings. The number of aromatic nitrogens is 1. The van der Waals surface area contributed by atoms with Crippen molar-refractivity contribution in [1.82, 2.24) is 9.88 Å². The molecule has 6 nitrogen and oxygen atoms in total. The highest BCUT2D eigenvalue weighted by Gasteiger charge is 2.56. The number of furan rings is 1. The molecule has 2 amide bonds. The molecule has 0 unspecified atom stereocenters. The van der Waals surface area contributed by atoms with E-state index in [9.17, 15) is 9.59 Å². The summed E-state index contributed by atoms with van der Waals surface area (Å²) in [5, 5.41) is 0. The van der Waals surface area contributed by atoms with E-state index in [1.54, 1.807) is 34.3 Å². The van der Waals surface area contributed by atoms with Gasteiger partial charge in [0.15, 0.2) is 5.76 Å². The number of hydrogen-bond acceptors (Lipinski definition) is 4. The van der Waals surface area contributed by atoms with Crippen LogP contribution in [-0.2, 0) is 4.79 Å². The van der Waals surface area contributed by atoms with E-state index in [0.29, 0.717) is 31.2 Å². The standard InChI is InChI=1S/C19H21N3O3/c1-13-11-21(17(23)16-6-5-14(2)25-16)12-19(13)7-9-22(18(19)24)15-4-3-8-20-10-15/h3-6,8,10,13H,7,9,11-12H2,1-2H3/t13-,19-/m1/s1. The van der Waals surface area contributed by atoms with Crippen LogP contribution in [0.1, 0.15) is 29.7 Å². The van der Waals surface area contributed by atoms with Crippen molar-refractivity contribution >= 4 is 17.5 Å². The van der Waals surface area contributed by atoms with Crippen LogP contribution in [0, 0.1) is 18.3 Å². The Kier molecular flexibility index (Phi) is 3.63. The molecule has 0 aromatic carbocycles. The zero-order valence-corrected chi connectivity index (χ0v) is 14.4. The number of pyridine rings is 1. The molecular formula is C19H21N3O3. The highest BCUT2D eigenvalue weighted by molar-refractivity contribution is 6.01. The molecule has 4 heterocycles. The molecule has 25 heavy (non-hydrogen) atoms. The van der Waals surface area contributed by atoms with Crippen molar-refractivity contribution < 1.29 is 14.0 Å². The molecule has 0 bridgehead atoms. The maximum absolute atomic E-state index is 13.2. The average Bonchev–Trinajstić information content (AvgIpc) is 3.28. The molecule has 1 spiro atoms. The van der Waals surface area contributed by atoms with Crippen LogP contribution in [0.3, 0.4) is 0 Å². The van der Waals surface area contributed by atoms with Crippen molar-refractivity contribution in [3.63, 3.8) is 0 Å². The molecule has 130 valence electrons. The Balaban J connectivity index is 1.57. The van der Waals surface area contributed by atoms with Crippen molar-refractivity contribution in [2.24, 2.45) is 11.3 Å². The first-order valence-electron chi connectivity index (χ1n) is 8.59. The van der Waals surface area contributed by atoms with Crippen LogP contribution in [0.4, 0.5) is 5.69 Å². The van der Waals surface area contributed by atoms with Gasteiger partial charge in [-0.15, -0.1) is 0 Å². The number of carbonyl (C=O) groups excluding carboxylic acids is 2. The number of nitrogens with zero attached hydrogens (tertiary/aromatic N) is 3. The summed E-state index contributed by atoms with van der Waals surface area (Å²) in [4.78, 5) is 33.6. The fraction of sp³-hybridized carbons (Fsp3) is 0.421. The second-order valence-electron chi connectivity index (χ2n) is 7.07. The van der Waals surface area contributed by atoms with Crippen LogP contribution in [-0.4, -0.2) is 41.3 Å². The molecule has 0 radical (unpaired) electrons. The maximum atomic E-state index is 13.2. The molecule has 2 saturated heterocycles. The van der Waals surface area contributed by atoms with E-state index in [4.69, 9.17) is 4.42 Å². The zero-order chi connectivity index (χ0) is 17.6. The first kappa shape index (κ1) is 15.9. The Bertz CT molecular complexity index is 816. The molecule has 0 saturated carbocycles. The van der Waals surface area contributed by atoms with Crippen LogP contribution in [0.25, 0.3) is 0 Å². The molecule has 6 heteroatoms. The normalized spacial score (nSPS) is 26.0. The van der Waals surface area contributed by atoms with E-state index in [2.05, 4.69) is 11.9 Å². The quantitative estimate of drug-likeness (QED) is 0.843. The SMILES string of the molecule is Cc1ccc(C(=O)N2C[C@@H](C)[C@@]3(CCN(c4cccnc4)C3=O)C2)o1. The molecule has 2 aliphatic rings. The van der Waals surface area contributed by atoms with E-state index >= 15 is 0 Å². The van der Waals surface area contributed by atoms with Gasteiger partial charge in [-0.2, -0.15) is 0 Å². The second-order valence-corrected chi connectivity index (χ2v) is 7.07. The summed E-state index contributed by atoms with van der Waals surface area (Å²) in [6.45, 7) is 5.56. The van der Waals surface area contributed by atoms with Gasteiger partial charge < -0.3 is 14.2 Å². The predicted molar refractivity (Wildman–Crippen MR) is 92.2 cm³/mol. The van der Waals surface area contributed by atoms with E-state index in [1.807, 2.05) is 19.1 Å². The Hall–Kier alpha value is -2.63. The summed E-state index contributed by atoms with van der Waals surface area (Å²) in [6.07, 6.45) is 4.16. The number of aryl methyl sites for hydroxylation is 1. The van der Waals surface area contributed by atoms with Crippen molar-refractivity contribution in [3.05, 3.63) is 48.2 Å². The highest BCUT2D eigenvalue weighted by atomic mass is 16.3. The molecule has 2 fully saturated rings. The fourth-order valence-electron chi connectivity index (χ4n) is 4.08. The first-order chi connectivity index (χ1) is 12.0. The maximum Gasteiger partial charge on any atom is 0.289 e. The van der Waals surface area contributed by atoms with Gasteiger partial charge in [0.2, 0.25) is 5.91 Å². The summed E-state index contributed by atoms with van der Waals surface area (Å²) >= 11 is 0. The number of anilines is 1. The summed E-state index contributed by atoms with van der Waals surface area (Å²) in [6, 6.07) is 7.22. The predicted octanol–water partition coefficient (Wildman–Crippen LogP) is 2.50. The van der Waals surface area contributed by atoms with Gasteiger partial charge in [-0.05, 0) is 43.5 Å². The topological polar surface area (TPSA) is 66.7 Å². The van der Waals surface area contributed by atoms with Crippen molar-refractivity contribution in [2.75, 3.05) is 24.5 Å². The largest absolute Gasteiger partial charge is 0.456 e. The van der Waals surface area contributed by atoms with Gasteiger partial charge in [-0.3, -0.25) is 14.6 Å². The third-order valence-corrected chi connectivity index (χ3v) is 5.56. The molecule has 0 aliphatic carbocycles. The summed E-state index contributed by atoms with van der Waals surface area (Å²) in [7, 11) is 0. The average molecular weight is 339 g/mol. The minimum Gasteiger partial charge on any atom is -0.456 e. The van der Waals surface area contributed by atoms with Gasteiger partial charge in [0.05, 0.1) is 17.3 Å². The van der Waals surface area contributed by atoms with Crippen LogP contribution in [0.5, 0.6) is 0 Å². The smallest absolute Gasteiger partial charge is 0.289 e. The number of carbonyl (C=O) groups is 2. The van der Waals surface area contributed by atoms with Gasteiger partial charge >= 0.3 is 0 Å². The number of hydrogen-bond donors (Lipinski definition) is 0. The molecule has 2 aromatic heterocycles. The molecular weight excluding hydrogens is 318 g/mol. The lowest BCUT2D eigenvalue weighted by Crippen LogP contribution is -2.40. The highest BCUT2D eigenvalue weighted by Crippen LogP contribution is 2.46. The van der Waals surface area contributed by atoms with Gasteiger partial charge in [0.1, 0.15) is 5.76 Å². The minimum absolute atomic E-state index is 0.0962. The second kappa shape index (κ2) is 5.72. The van der Waals surface area contributed by atoms with E-state index < -0.39 is 5.41 Å². The van der Waals surface area contributed by atoms with E-state index in [1.165, 1.54) is 0 Å².